The summed E-state index contributed by atoms with van der Waals surface area (Å²) in [6.07, 6.45) is 1.87. The standard InChI is InChI=1S/C12H14N4S/c1-9-10(3-11(4-13)16(9)2)5-14-6-12-7-15-8-17-12/h3,7-8,14H,5-6H2,1-2H3. The van der Waals surface area contributed by atoms with Crippen LogP contribution >= 0.6 is 11.3 Å². The van der Waals surface area contributed by atoms with Gasteiger partial charge in [-0.3, -0.25) is 4.98 Å². The Kier molecular flexibility index (Phi) is 3.57. The number of nitrogens with zero attached hydrogens (tertiary/aromatic N) is 3. The fraction of sp³-hybridized carbons (Fsp3) is 0.333. The lowest BCUT2D eigenvalue weighted by Crippen LogP contribution is -2.12. The van der Waals surface area contributed by atoms with E-state index in [9.17, 15) is 0 Å². The van der Waals surface area contributed by atoms with Gasteiger partial charge >= 0.3 is 0 Å². The van der Waals surface area contributed by atoms with Gasteiger partial charge in [0.1, 0.15) is 11.8 Å². The van der Waals surface area contributed by atoms with Gasteiger partial charge in [0, 0.05) is 36.9 Å². The Morgan fingerprint density at radius 2 is 2.35 bits per heavy atom. The van der Waals surface area contributed by atoms with Crippen molar-refractivity contribution in [2.75, 3.05) is 0 Å². The molecule has 0 saturated carbocycles. The molecule has 0 bridgehead atoms. The van der Waals surface area contributed by atoms with Gasteiger partial charge in [-0.2, -0.15) is 5.26 Å². The molecule has 0 aliphatic rings. The molecule has 5 heteroatoms. The highest BCUT2D eigenvalue weighted by Crippen LogP contribution is 2.13. The number of hydrogen-bond donors (Lipinski definition) is 1. The summed E-state index contributed by atoms with van der Waals surface area (Å²) < 4.78 is 1.92. The van der Waals surface area contributed by atoms with Crippen molar-refractivity contribution in [3.8, 4) is 6.07 Å². The van der Waals surface area contributed by atoms with Crippen LogP contribution in [0.1, 0.15) is 21.8 Å². The van der Waals surface area contributed by atoms with E-state index in [0.29, 0.717) is 5.69 Å². The van der Waals surface area contributed by atoms with Gasteiger partial charge in [0.25, 0.3) is 0 Å². The number of rotatable bonds is 4. The van der Waals surface area contributed by atoms with Crippen molar-refractivity contribution in [3.63, 3.8) is 0 Å². The van der Waals surface area contributed by atoms with E-state index in [2.05, 4.69) is 16.4 Å². The summed E-state index contributed by atoms with van der Waals surface area (Å²) in [6.45, 7) is 3.63. The molecule has 2 aromatic heterocycles. The average Bonchev–Trinajstić information content (AvgIpc) is 2.92. The summed E-state index contributed by atoms with van der Waals surface area (Å²) in [5.41, 5.74) is 4.85. The zero-order chi connectivity index (χ0) is 12.3. The first-order valence-corrected chi connectivity index (χ1v) is 6.23. The fourth-order valence-electron chi connectivity index (χ4n) is 1.70. The number of hydrogen-bond acceptors (Lipinski definition) is 4. The van der Waals surface area contributed by atoms with Gasteiger partial charge in [-0.1, -0.05) is 0 Å². The fourth-order valence-corrected chi connectivity index (χ4v) is 2.26. The van der Waals surface area contributed by atoms with E-state index in [1.165, 1.54) is 10.4 Å². The maximum Gasteiger partial charge on any atom is 0.120 e. The van der Waals surface area contributed by atoms with Crippen molar-refractivity contribution in [3.05, 3.63) is 39.6 Å². The van der Waals surface area contributed by atoms with Crippen LogP contribution in [0.3, 0.4) is 0 Å². The Bertz CT molecular complexity index is 534. The first-order chi connectivity index (χ1) is 8.22. The van der Waals surface area contributed by atoms with Crippen molar-refractivity contribution in [2.24, 2.45) is 7.05 Å². The molecule has 4 nitrogen and oxygen atoms in total. The zero-order valence-electron chi connectivity index (χ0n) is 9.90. The Labute approximate surface area is 105 Å². The molecular weight excluding hydrogens is 232 g/mol. The molecule has 2 heterocycles. The minimum Gasteiger partial charge on any atom is -0.340 e. The second-order valence-corrected chi connectivity index (χ2v) is 4.85. The highest BCUT2D eigenvalue weighted by atomic mass is 32.1. The molecule has 2 aromatic rings. The van der Waals surface area contributed by atoms with Crippen LogP contribution in [-0.2, 0) is 20.1 Å². The van der Waals surface area contributed by atoms with Gasteiger partial charge in [-0.05, 0) is 18.6 Å². The summed E-state index contributed by atoms with van der Waals surface area (Å²) in [6, 6.07) is 4.13. The maximum absolute atomic E-state index is 8.93. The van der Waals surface area contributed by atoms with Crippen LogP contribution in [0.15, 0.2) is 17.8 Å². The van der Waals surface area contributed by atoms with Crippen LogP contribution in [0.4, 0.5) is 0 Å². The van der Waals surface area contributed by atoms with Crippen LogP contribution in [0.2, 0.25) is 0 Å². The average molecular weight is 246 g/mol. The number of thiazole rings is 1. The molecule has 0 radical (unpaired) electrons. The Morgan fingerprint density at radius 3 is 2.94 bits per heavy atom. The van der Waals surface area contributed by atoms with Crippen LogP contribution in [0, 0.1) is 18.3 Å². The quantitative estimate of drug-likeness (QED) is 0.897. The van der Waals surface area contributed by atoms with E-state index < -0.39 is 0 Å². The second-order valence-electron chi connectivity index (χ2n) is 3.88. The molecule has 2 rings (SSSR count). The third kappa shape index (κ3) is 2.54. The lowest BCUT2D eigenvalue weighted by Gasteiger charge is -2.03. The molecule has 0 spiro atoms. The van der Waals surface area contributed by atoms with Gasteiger partial charge in [-0.15, -0.1) is 11.3 Å². The number of nitrogens with one attached hydrogen (secondary N) is 1. The smallest absolute Gasteiger partial charge is 0.120 e. The minimum absolute atomic E-state index is 0.706. The molecule has 0 aliphatic heterocycles. The minimum atomic E-state index is 0.706. The first-order valence-electron chi connectivity index (χ1n) is 5.35. The van der Waals surface area contributed by atoms with Gasteiger partial charge in [-0.25, -0.2) is 0 Å². The van der Waals surface area contributed by atoms with Gasteiger partial charge < -0.3 is 9.88 Å². The summed E-state index contributed by atoms with van der Waals surface area (Å²) in [7, 11) is 1.92. The van der Waals surface area contributed by atoms with Crippen molar-refractivity contribution in [1.82, 2.24) is 14.9 Å². The molecular formula is C12H14N4S. The lowest BCUT2D eigenvalue weighted by atomic mass is 10.2. The summed E-state index contributed by atoms with van der Waals surface area (Å²) in [4.78, 5) is 5.25. The molecule has 1 N–H and O–H groups in total. The number of nitriles is 1. The molecule has 88 valence electrons. The normalized spacial score (nSPS) is 10.4. The van der Waals surface area contributed by atoms with Crippen molar-refractivity contribution >= 4 is 11.3 Å². The summed E-state index contributed by atoms with van der Waals surface area (Å²) >= 11 is 1.64. The highest BCUT2D eigenvalue weighted by molar-refractivity contribution is 7.09. The van der Waals surface area contributed by atoms with Crippen LogP contribution in [-0.4, -0.2) is 9.55 Å². The lowest BCUT2D eigenvalue weighted by molar-refractivity contribution is 0.693. The van der Waals surface area contributed by atoms with Crippen LogP contribution in [0.25, 0.3) is 0 Å². The van der Waals surface area contributed by atoms with Gasteiger partial charge in [0.2, 0.25) is 0 Å². The van der Waals surface area contributed by atoms with Gasteiger partial charge in [0.05, 0.1) is 5.51 Å². The molecule has 0 saturated heterocycles. The Balaban J connectivity index is 1.98. The molecule has 0 aliphatic carbocycles. The second kappa shape index (κ2) is 5.13. The van der Waals surface area contributed by atoms with E-state index in [1.807, 2.05) is 36.3 Å². The highest BCUT2D eigenvalue weighted by Gasteiger charge is 2.07. The third-order valence-electron chi connectivity index (χ3n) is 2.85. The summed E-state index contributed by atoms with van der Waals surface area (Å²) in [5, 5.41) is 12.3. The van der Waals surface area contributed by atoms with E-state index in [0.717, 1.165) is 18.8 Å². The molecule has 0 amide bonds. The van der Waals surface area contributed by atoms with E-state index in [1.54, 1.807) is 11.3 Å². The molecule has 0 aromatic carbocycles. The third-order valence-corrected chi connectivity index (χ3v) is 3.63. The monoisotopic (exact) mass is 246 g/mol. The molecule has 0 fully saturated rings. The molecule has 0 atom stereocenters. The topological polar surface area (TPSA) is 53.6 Å². The van der Waals surface area contributed by atoms with Crippen molar-refractivity contribution in [1.29, 1.82) is 5.26 Å². The largest absolute Gasteiger partial charge is 0.340 e. The molecule has 0 unspecified atom stereocenters. The predicted molar refractivity (Wildman–Crippen MR) is 67.5 cm³/mol. The predicted octanol–water partition coefficient (Wildman–Crippen LogP) is 1.95. The van der Waals surface area contributed by atoms with Crippen LogP contribution in [0.5, 0.6) is 0 Å². The number of aromatic nitrogens is 2. The first kappa shape index (κ1) is 11.8. The Morgan fingerprint density at radius 1 is 1.53 bits per heavy atom. The maximum atomic E-state index is 8.93. The van der Waals surface area contributed by atoms with E-state index in [4.69, 9.17) is 5.26 Å². The zero-order valence-corrected chi connectivity index (χ0v) is 10.7. The van der Waals surface area contributed by atoms with Crippen LogP contribution < -0.4 is 5.32 Å². The van der Waals surface area contributed by atoms with E-state index >= 15 is 0 Å². The molecule has 17 heavy (non-hydrogen) atoms. The SMILES string of the molecule is Cc1c(CNCc2cncs2)cc(C#N)n1C. The Hall–Kier alpha value is -1.64. The van der Waals surface area contributed by atoms with Crippen molar-refractivity contribution in [2.45, 2.75) is 20.0 Å². The van der Waals surface area contributed by atoms with Gasteiger partial charge in [0.15, 0.2) is 0 Å². The van der Waals surface area contributed by atoms with E-state index in [-0.39, 0.29) is 0 Å². The van der Waals surface area contributed by atoms with Crippen molar-refractivity contribution < 1.29 is 0 Å². The summed E-state index contributed by atoms with van der Waals surface area (Å²) in [5.74, 6) is 0.